The van der Waals surface area contributed by atoms with Crippen LogP contribution in [0, 0.1) is 5.92 Å². The maximum atomic E-state index is 13.1. The van der Waals surface area contributed by atoms with Gasteiger partial charge in [0.25, 0.3) is 5.91 Å². The molecule has 1 fully saturated rings. The number of ether oxygens (including phenoxy) is 2. The lowest BCUT2D eigenvalue weighted by Crippen LogP contribution is -2.36. The van der Waals surface area contributed by atoms with E-state index in [1.165, 1.54) is 12.0 Å². The van der Waals surface area contributed by atoms with E-state index in [0.29, 0.717) is 30.3 Å². The van der Waals surface area contributed by atoms with E-state index in [9.17, 15) is 4.79 Å². The Bertz CT molecular complexity index is 862. The van der Waals surface area contributed by atoms with Crippen molar-refractivity contribution in [1.82, 2.24) is 15.2 Å². The summed E-state index contributed by atoms with van der Waals surface area (Å²) in [5.74, 6) is 2.11. The number of nitrogens with one attached hydrogen (secondary N) is 1. The van der Waals surface area contributed by atoms with Gasteiger partial charge in [-0.25, -0.2) is 0 Å². The average molecular weight is 381 g/mol. The summed E-state index contributed by atoms with van der Waals surface area (Å²) in [4.78, 5) is 19.3. The zero-order chi connectivity index (χ0) is 19.5. The van der Waals surface area contributed by atoms with Gasteiger partial charge < -0.3 is 19.7 Å². The molecule has 148 valence electrons. The van der Waals surface area contributed by atoms with Crippen LogP contribution in [0.4, 0.5) is 0 Å². The molecule has 0 saturated carbocycles. The zero-order valence-electron chi connectivity index (χ0n) is 16.5. The first kappa shape index (κ1) is 18.7. The van der Waals surface area contributed by atoms with Crippen molar-refractivity contribution in [3.05, 3.63) is 52.8 Å². The first-order chi connectivity index (χ1) is 13.7. The summed E-state index contributed by atoms with van der Waals surface area (Å²) >= 11 is 0. The van der Waals surface area contributed by atoms with Crippen molar-refractivity contribution >= 4 is 5.91 Å². The maximum Gasteiger partial charge on any atom is 0.255 e. The number of aromatic nitrogens is 1. The van der Waals surface area contributed by atoms with Crippen LogP contribution in [0.2, 0.25) is 0 Å². The third-order valence-corrected chi connectivity index (χ3v) is 5.73. The van der Waals surface area contributed by atoms with Crippen LogP contribution in [0.15, 0.2) is 30.6 Å². The number of rotatable bonds is 5. The quantitative estimate of drug-likeness (QED) is 0.862. The van der Waals surface area contributed by atoms with Crippen molar-refractivity contribution in [2.24, 2.45) is 5.92 Å². The number of hydrogen-bond acceptors (Lipinski definition) is 5. The molecule has 1 N–H and O–H groups in total. The molecule has 1 unspecified atom stereocenters. The summed E-state index contributed by atoms with van der Waals surface area (Å²) in [5.41, 5.74) is 4.14. The molecule has 28 heavy (non-hydrogen) atoms. The van der Waals surface area contributed by atoms with Gasteiger partial charge in [-0.15, -0.1) is 0 Å². The number of carbonyl (C=O) groups excluding carboxylic acids is 1. The molecule has 2 aliphatic rings. The average Bonchev–Trinajstić information content (AvgIpc) is 3.25. The second-order valence-electron chi connectivity index (χ2n) is 7.60. The highest BCUT2D eigenvalue weighted by molar-refractivity contribution is 5.94. The topological polar surface area (TPSA) is 63.7 Å². The molecule has 0 aliphatic carbocycles. The maximum absolute atomic E-state index is 13.1. The van der Waals surface area contributed by atoms with Gasteiger partial charge in [0.2, 0.25) is 0 Å². The van der Waals surface area contributed by atoms with Gasteiger partial charge in [0.1, 0.15) is 0 Å². The Morgan fingerprint density at radius 1 is 1.18 bits per heavy atom. The fourth-order valence-electron chi connectivity index (χ4n) is 4.18. The lowest BCUT2D eigenvalue weighted by molar-refractivity contribution is 0.0734. The van der Waals surface area contributed by atoms with Crippen molar-refractivity contribution in [3.63, 3.8) is 0 Å². The van der Waals surface area contributed by atoms with E-state index in [2.05, 4.69) is 10.3 Å². The summed E-state index contributed by atoms with van der Waals surface area (Å²) < 4.78 is 10.8. The van der Waals surface area contributed by atoms with Crippen molar-refractivity contribution in [2.45, 2.75) is 25.8 Å². The van der Waals surface area contributed by atoms with Crippen LogP contribution in [-0.2, 0) is 19.4 Å². The minimum atomic E-state index is 0.0410. The van der Waals surface area contributed by atoms with Gasteiger partial charge in [-0.3, -0.25) is 9.78 Å². The Morgan fingerprint density at radius 3 is 2.68 bits per heavy atom. The summed E-state index contributed by atoms with van der Waals surface area (Å²) in [6, 6.07) is 6.01. The fourth-order valence-corrected chi connectivity index (χ4v) is 4.18. The molecule has 1 aromatic carbocycles. The first-order valence-electron chi connectivity index (χ1n) is 9.85. The Hall–Kier alpha value is -2.60. The summed E-state index contributed by atoms with van der Waals surface area (Å²) in [7, 11) is 3.28. The third-order valence-electron chi connectivity index (χ3n) is 5.73. The molecule has 0 radical (unpaired) electrons. The van der Waals surface area contributed by atoms with Crippen LogP contribution in [0.1, 0.15) is 33.5 Å². The largest absolute Gasteiger partial charge is 0.493 e. The molecule has 1 atom stereocenters. The number of fused-ring (bicyclic) bond motifs is 1. The second kappa shape index (κ2) is 8.19. The van der Waals surface area contributed by atoms with Gasteiger partial charge in [0, 0.05) is 25.5 Å². The molecule has 0 spiro atoms. The third kappa shape index (κ3) is 3.83. The molecule has 1 amide bonds. The van der Waals surface area contributed by atoms with Gasteiger partial charge in [0.15, 0.2) is 11.5 Å². The lowest BCUT2D eigenvalue weighted by atomic mass is 9.97. The van der Waals surface area contributed by atoms with E-state index in [0.717, 1.165) is 42.8 Å². The summed E-state index contributed by atoms with van der Waals surface area (Å²) in [6.45, 7) is 3.40. The van der Waals surface area contributed by atoms with Gasteiger partial charge >= 0.3 is 0 Å². The van der Waals surface area contributed by atoms with Crippen LogP contribution in [0.5, 0.6) is 11.5 Å². The predicted molar refractivity (Wildman–Crippen MR) is 107 cm³/mol. The molecule has 3 heterocycles. The van der Waals surface area contributed by atoms with Crippen LogP contribution >= 0.6 is 0 Å². The Labute approximate surface area is 165 Å². The van der Waals surface area contributed by atoms with Crippen LogP contribution in [-0.4, -0.2) is 49.6 Å². The number of carbonyl (C=O) groups is 1. The van der Waals surface area contributed by atoms with E-state index in [-0.39, 0.29) is 5.91 Å². The Kier molecular flexibility index (Phi) is 5.48. The molecule has 2 aromatic rings. The number of amides is 1. The highest BCUT2D eigenvalue weighted by atomic mass is 16.5. The van der Waals surface area contributed by atoms with Gasteiger partial charge in [-0.2, -0.15) is 0 Å². The molecule has 6 heteroatoms. The van der Waals surface area contributed by atoms with E-state index in [1.54, 1.807) is 20.4 Å². The Balaban J connectivity index is 1.50. The fraction of sp³-hybridized carbons (Fsp3) is 0.455. The SMILES string of the molecule is COc1cc2c(cc1OC)CN(C(=O)c1cncc(CC3CCNC3)c1)CC2. The van der Waals surface area contributed by atoms with Crippen molar-refractivity contribution in [2.75, 3.05) is 33.9 Å². The molecule has 0 bridgehead atoms. The highest BCUT2D eigenvalue weighted by Gasteiger charge is 2.24. The van der Waals surface area contributed by atoms with E-state index < -0.39 is 0 Å². The monoisotopic (exact) mass is 381 g/mol. The van der Waals surface area contributed by atoms with Crippen LogP contribution in [0.25, 0.3) is 0 Å². The van der Waals surface area contributed by atoms with E-state index >= 15 is 0 Å². The Morgan fingerprint density at radius 2 is 1.96 bits per heavy atom. The second-order valence-corrected chi connectivity index (χ2v) is 7.60. The van der Waals surface area contributed by atoms with Crippen molar-refractivity contribution in [3.8, 4) is 11.5 Å². The highest BCUT2D eigenvalue weighted by Crippen LogP contribution is 2.33. The summed E-state index contributed by atoms with van der Waals surface area (Å²) in [6.07, 6.45) is 6.54. The molecule has 1 saturated heterocycles. The minimum Gasteiger partial charge on any atom is -0.493 e. The van der Waals surface area contributed by atoms with Gasteiger partial charge in [-0.1, -0.05) is 0 Å². The molecular formula is C22H27N3O3. The first-order valence-corrected chi connectivity index (χ1v) is 9.85. The van der Waals surface area contributed by atoms with Crippen LogP contribution < -0.4 is 14.8 Å². The van der Waals surface area contributed by atoms with E-state index in [1.807, 2.05) is 29.3 Å². The number of nitrogens with zero attached hydrogens (tertiary/aromatic N) is 2. The summed E-state index contributed by atoms with van der Waals surface area (Å²) in [5, 5.41) is 3.39. The minimum absolute atomic E-state index is 0.0410. The molecule has 6 nitrogen and oxygen atoms in total. The molecule has 4 rings (SSSR count). The van der Waals surface area contributed by atoms with Gasteiger partial charge in [-0.05, 0) is 73.2 Å². The number of benzene rings is 1. The van der Waals surface area contributed by atoms with E-state index in [4.69, 9.17) is 9.47 Å². The molecule has 2 aliphatic heterocycles. The normalized spacial score (nSPS) is 18.6. The number of pyridine rings is 1. The van der Waals surface area contributed by atoms with Crippen molar-refractivity contribution in [1.29, 1.82) is 0 Å². The number of hydrogen-bond donors (Lipinski definition) is 1. The number of methoxy groups -OCH3 is 2. The lowest BCUT2D eigenvalue weighted by Gasteiger charge is -2.29. The molecule has 1 aromatic heterocycles. The standard InChI is InChI=1S/C22H27N3O3/c1-27-20-9-17-4-6-25(14-19(17)10-21(20)28-2)22(26)18-8-16(12-24-13-18)7-15-3-5-23-11-15/h8-10,12-13,15,23H,3-7,11,14H2,1-2H3. The zero-order valence-corrected chi connectivity index (χ0v) is 16.5. The predicted octanol–water partition coefficient (Wildman–Crippen LogP) is 2.45. The van der Waals surface area contributed by atoms with Crippen LogP contribution in [0.3, 0.4) is 0 Å². The van der Waals surface area contributed by atoms with Gasteiger partial charge in [0.05, 0.1) is 19.8 Å². The smallest absolute Gasteiger partial charge is 0.255 e. The molecular weight excluding hydrogens is 354 g/mol. The van der Waals surface area contributed by atoms with Crippen molar-refractivity contribution < 1.29 is 14.3 Å².